The minimum Gasteiger partial charge on any atom is -0.157 e. The molecule has 0 spiro atoms. The molecule has 0 aromatic carbocycles. The van der Waals surface area contributed by atoms with Crippen molar-refractivity contribution in [2.24, 2.45) is 0 Å². The van der Waals surface area contributed by atoms with E-state index in [2.05, 4.69) is 37.6 Å². The molecule has 0 amide bonds. The van der Waals surface area contributed by atoms with Gasteiger partial charge < -0.3 is 0 Å². The molecule has 0 atom stereocenters. The number of allylic oxidation sites excluding steroid dienone is 6. The summed E-state index contributed by atoms with van der Waals surface area (Å²) in [6, 6.07) is 0. The molecular formula is C9H11Li. The van der Waals surface area contributed by atoms with Crippen molar-refractivity contribution in [2.45, 2.75) is 13.3 Å². The molecule has 1 aliphatic rings. The van der Waals surface area contributed by atoms with E-state index in [-0.39, 0.29) is 18.9 Å². The fourth-order valence-electron chi connectivity index (χ4n) is 0.825. The van der Waals surface area contributed by atoms with Gasteiger partial charge in [-0.3, -0.25) is 0 Å². The summed E-state index contributed by atoms with van der Waals surface area (Å²) >= 11 is 0. The molecule has 1 rings (SSSR count). The van der Waals surface area contributed by atoms with E-state index in [0.29, 0.717) is 0 Å². The van der Waals surface area contributed by atoms with E-state index in [1.54, 1.807) is 0 Å². The first kappa shape index (κ1) is 9.69. The molecule has 1 aliphatic carbocycles. The Balaban J connectivity index is 0.000000810. The largest absolute Gasteiger partial charge is 1.00 e. The Bertz CT molecular complexity index is 164. The third-order valence-corrected chi connectivity index (χ3v) is 1.24. The second-order valence-corrected chi connectivity index (χ2v) is 2.02. The minimum atomic E-state index is 0. The van der Waals surface area contributed by atoms with Gasteiger partial charge in [0.05, 0.1) is 0 Å². The van der Waals surface area contributed by atoms with Crippen molar-refractivity contribution < 1.29 is 18.9 Å². The Kier molecular flexibility index (Phi) is 5.30. The third-order valence-electron chi connectivity index (χ3n) is 1.24. The molecule has 0 saturated carbocycles. The molecule has 0 aromatic heterocycles. The average molecular weight is 126 g/mol. The zero-order chi connectivity index (χ0) is 6.53. The summed E-state index contributed by atoms with van der Waals surface area (Å²) in [7, 11) is 0. The van der Waals surface area contributed by atoms with Crippen molar-refractivity contribution in [2.75, 3.05) is 0 Å². The van der Waals surface area contributed by atoms with Gasteiger partial charge >= 0.3 is 18.9 Å². The van der Waals surface area contributed by atoms with Crippen molar-refractivity contribution in [3.05, 3.63) is 42.4 Å². The third kappa shape index (κ3) is 3.01. The van der Waals surface area contributed by atoms with Crippen molar-refractivity contribution >= 4 is 0 Å². The zero-order valence-electron chi connectivity index (χ0n) is 6.67. The fraction of sp³-hybridized carbons (Fsp3) is 0.222. The van der Waals surface area contributed by atoms with Crippen LogP contribution in [-0.4, -0.2) is 0 Å². The van der Waals surface area contributed by atoms with Crippen LogP contribution in [0.15, 0.2) is 36.0 Å². The second-order valence-electron chi connectivity index (χ2n) is 2.02. The normalized spacial score (nSPS) is 18.3. The zero-order valence-corrected chi connectivity index (χ0v) is 6.67. The van der Waals surface area contributed by atoms with E-state index in [9.17, 15) is 0 Å². The summed E-state index contributed by atoms with van der Waals surface area (Å²) in [6.07, 6.45) is 13.7. The van der Waals surface area contributed by atoms with Gasteiger partial charge in [0.2, 0.25) is 0 Å². The quantitative estimate of drug-likeness (QED) is 0.333. The van der Waals surface area contributed by atoms with Gasteiger partial charge in [-0.05, 0) is 0 Å². The summed E-state index contributed by atoms with van der Waals surface area (Å²) in [5, 5.41) is 0. The Hall–Kier alpha value is -0.313. The summed E-state index contributed by atoms with van der Waals surface area (Å²) in [4.78, 5) is 0. The van der Waals surface area contributed by atoms with Crippen LogP contribution in [0, 0.1) is 6.42 Å². The van der Waals surface area contributed by atoms with E-state index < -0.39 is 0 Å². The smallest absolute Gasteiger partial charge is 0.157 e. The molecule has 0 radical (unpaired) electrons. The predicted octanol–water partition coefficient (Wildman–Crippen LogP) is -0.343. The number of hydrogen-bond acceptors (Lipinski definition) is 0. The Labute approximate surface area is 74.9 Å². The topological polar surface area (TPSA) is 0 Å². The Morgan fingerprint density at radius 2 is 2.30 bits per heavy atom. The summed E-state index contributed by atoms with van der Waals surface area (Å²) in [5.74, 6) is 0. The standard InChI is InChI=1S/C9H11.Li/c1-2-6-9-7-4-3-5-8-9;/h3-8H,2H2,1H3;/q-1;+1. The van der Waals surface area contributed by atoms with Crippen molar-refractivity contribution in [3.8, 4) is 0 Å². The van der Waals surface area contributed by atoms with Crippen LogP contribution in [-0.2, 0) is 0 Å². The predicted molar refractivity (Wildman–Crippen MR) is 41.0 cm³/mol. The average Bonchev–Trinajstić information content (AvgIpc) is 1.91. The van der Waals surface area contributed by atoms with Gasteiger partial charge in [-0.1, -0.05) is 13.3 Å². The molecule has 0 bridgehead atoms. The van der Waals surface area contributed by atoms with Crippen LogP contribution in [0.4, 0.5) is 0 Å². The Morgan fingerprint density at radius 1 is 1.50 bits per heavy atom. The van der Waals surface area contributed by atoms with E-state index in [4.69, 9.17) is 0 Å². The fourth-order valence-corrected chi connectivity index (χ4v) is 0.825. The van der Waals surface area contributed by atoms with Crippen LogP contribution in [0.2, 0.25) is 0 Å². The molecule has 1 heteroatoms. The van der Waals surface area contributed by atoms with Gasteiger partial charge in [0.15, 0.2) is 0 Å². The number of rotatable bonds is 1. The number of hydrogen-bond donors (Lipinski definition) is 0. The van der Waals surface area contributed by atoms with Crippen LogP contribution >= 0.6 is 0 Å². The molecule has 10 heavy (non-hydrogen) atoms. The molecule has 0 heterocycles. The van der Waals surface area contributed by atoms with Gasteiger partial charge in [-0.2, -0.15) is 11.6 Å². The molecule has 0 nitrogen and oxygen atoms in total. The van der Waals surface area contributed by atoms with Crippen LogP contribution in [0.3, 0.4) is 0 Å². The van der Waals surface area contributed by atoms with E-state index in [1.807, 2.05) is 6.08 Å². The monoisotopic (exact) mass is 126 g/mol. The molecule has 0 N–H and O–H groups in total. The molecule has 0 fully saturated rings. The first-order chi connectivity index (χ1) is 4.43. The molecule has 0 aliphatic heterocycles. The van der Waals surface area contributed by atoms with E-state index in [1.165, 1.54) is 5.57 Å². The maximum absolute atomic E-state index is 2.21. The first-order valence-electron chi connectivity index (χ1n) is 3.31. The first-order valence-corrected chi connectivity index (χ1v) is 3.31. The molecule has 0 aromatic rings. The van der Waals surface area contributed by atoms with Crippen LogP contribution in [0.25, 0.3) is 0 Å². The van der Waals surface area contributed by atoms with Crippen LogP contribution in [0.1, 0.15) is 13.3 Å². The van der Waals surface area contributed by atoms with Gasteiger partial charge in [0, 0.05) is 0 Å². The van der Waals surface area contributed by atoms with Crippen molar-refractivity contribution in [3.63, 3.8) is 0 Å². The van der Waals surface area contributed by atoms with Gasteiger partial charge in [0.1, 0.15) is 0 Å². The van der Waals surface area contributed by atoms with Gasteiger partial charge in [-0.25, -0.2) is 0 Å². The van der Waals surface area contributed by atoms with E-state index >= 15 is 0 Å². The SMILES string of the molecule is CC/C=C1\C=CC=C[CH-]1.[Li+]. The van der Waals surface area contributed by atoms with Crippen LogP contribution in [0.5, 0.6) is 0 Å². The van der Waals surface area contributed by atoms with Gasteiger partial charge in [0.25, 0.3) is 0 Å². The van der Waals surface area contributed by atoms with Crippen molar-refractivity contribution in [1.29, 1.82) is 0 Å². The van der Waals surface area contributed by atoms with Crippen molar-refractivity contribution in [1.82, 2.24) is 0 Å². The summed E-state index contributed by atoms with van der Waals surface area (Å²) < 4.78 is 0. The van der Waals surface area contributed by atoms with Crippen LogP contribution < -0.4 is 18.9 Å². The summed E-state index contributed by atoms with van der Waals surface area (Å²) in [6.45, 7) is 2.15. The summed E-state index contributed by atoms with van der Waals surface area (Å²) in [5.41, 5.74) is 1.32. The van der Waals surface area contributed by atoms with E-state index in [0.717, 1.165) is 6.42 Å². The molecule has 0 saturated heterocycles. The molecule has 0 unspecified atom stereocenters. The Morgan fingerprint density at radius 3 is 2.80 bits per heavy atom. The van der Waals surface area contributed by atoms with Gasteiger partial charge in [-0.15, -0.1) is 30.7 Å². The second kappa shape index (κ2) is 5.47. The maximum atomic E-state index is 2.21. The maximum Gasteiger partial charge on any atom is 1.00 e. The molecule has 48 valence electrons. The minimum absolute atomic E-state index is 0. The molecular weight excluding hydrogens is 115 g/mol.